The minimum absolute atomic E-state index is 0.186. The lowest BCUT2D eigenvalue weighted by molar-refractivity contribution is -0.142. The summed E-state index contributed by atoms with van der Waals surface area (Å²) in [4.78, 5) is 25.2. The number of hydrogen-bond donors (Lipinski definition) is 1. The van der Waals surface area contributed by atoms with Gasteiger partial charge in [0, 0.05) is 45.0 Å². The summed E-state index contributed by atoms with van der Waals surface area (Å²) in [6, 6.07) is 0. The predicted molar refractivity (Wildman–Crippen MR) is 93.4 cm³/mol. The summed E-state index contributed by atoms with van der Waals surface area (Å²) in [5.41, 5.74) is -0.431. The lowest BCUT2D eigenvalue weighted by atomic mass is 9.85. The first-order valence-corrected chi connectivity index (χ1v) is 8.65. The van der Waals surface area contributed by atoms with Gasteiger partial charge < -0.3 is 24.4 Å². The third-order valence-electron chi connectivity index (χ3n) is 5.04. The normalized spacial score (nSPS) is 21.6. The fourth-order valence-electron chi connectivity index (χ4n) is 3.19. The number of methoxy groups -OCH3 is 1. The van der Waals surface area contributed by atoms with Crippen LogP contribution in [0.15, 0.2) is 6.20 Å². The van der Waals surface area contributed by atoms with E-state index in [0.717, 1.165) is 19.5 Å². The van der Waals surface area contributed by atoms with Crippen LogP contribution >= 0.6 is 0 Å². The van der Waals surface area contributed by atoms with Gasteiger partial charge in [0.05, 0.1) is 24.7 Å². The lowest BCUT2D eigenvalue weighted by Gasteiger charge is -2.33. The number of carbonyl (C=O) groups is 1. The highest BCUT2D eigenvalue weighted by Gasteiger charge is 2.36. The molecule has 1 atom stereocenters. The monoisotopic (exact) mass is 350 g/mol. The molecule has 0 spiro atoms. The molecule has 0 aliphatic carbocycles. The predicted octanol–water partition coefficient (Wildman–Crippen LogP) is 0.901. The molecule has 1 N–H and O–H groups in total. The number of carboxylic acid groups (broad SMARTS) is 1. The van der Waals surface area contributed by atoms with Gasteiger partial charge in [0.1, 0.15) is 5.82 Å². The topological polar surface area (TPSA) is 88.0 Å². The van der Waals surface area contributed by atoms with E-state index in [1.165, 1.54) is 0 Å². The summed E-state index contributed by atoms with van der Waals surface area (Å²) in [6.07, 6.45) is 2.79. The zero-order valence-corrected chi connectivity index (χ0v) is 15.1. The van der Waals surface area contributed by atoms with E-state index in [9.17, 15) is 9.90 Å². The Hall–Kier alpha value is -1.93. The Balaban J connectivity index is 1.97. The largest absolute Gasteiger partial charge is 0.481 e. The van der Waals surface area contributed by atoms with Gasteiger partial charge in [-0.25, -0.2) is 4.98 Å². The summed E-state index contributed by atoms with van der Waals surface area (Å²) in [5, 5.41) is 9.64. The van der Waals surface area contributed by atoms with E-state index in [-0.39, 0.29) is 6.10 Å². The standard InChI is InChI=1S/C17H26N4O4/c1-17(2,15(22)23)13-10-18-16(21-5-4-12(11-21)24-3)19-14(13)20-6-8-25-9-7-20/h10,12H,4-9,11H2,1-3H3,(H,22,23)/t12-/m0/s1. The molecule has 0 saturated carbocycles. The number of carboxylic acids is 1. The molecule has 2 aliphatic rings. The summed E-state index contributed by atoms with van der Waals surface area (Å²) < 4.78 is 10.8. The maximum atomic E-state index is 11.8. The van der Waals surface area contributed by atoms with Crippen molar-refractivity contribution >= 4 is 17.7 Å². The number of aromatic nitrogens is 2. The van der Waals surface area contributed by atoms with Crippen molar-refractivity contribution in [3.8, 4) is 0 Å². The van der Waals surface area contributed by atoms with E-state index in [4.69, 9.17) is 14.5 Å². The Kier molecular flexibility index (Phi) is 5.10. The average Bonchev–Trinajstić information content (AvgIpc) is 3.11. The molecule has 0 unspecified atom stereocenters. The molecule has 25 heavy (non-hydrogen) atoms. The maximum Gasteiger partial charge on any atom is 0.313 e. The van der Waals surface area contributed by atoms with E-state index < -0.39 is 11.4 Å². The van der Waals surface area contributed by atoms with Crippen molar-refractivity contribution in [1.29, 1.82) is 0 Å². The second kappa shape index (κ2) is 7.13. The maximum absolute atomic E-state index is 11.8. The van der Waals surface area contributed by atoms with Gasteiger partial charge in [0.15, 0.2) is 0 Å². The summed E-state index contributed by atoms with van der Waals surface area (Å²) in [5.74, 6) is 0.437. The summed E-state index contributed by atoms with van der Waals surface area (Å²) in [6.45, 7) is 7.58. The van der Waals surface area contributed by atoms with Gasteiger partial charge in [-0.3, -0.25) is 4.79 Å². The molecular formula is C17H26N4O4. The molecular weight excluding hydrogens is 324 g/mol. The number of rotatable bonds is 5. The zero-order valence-electron chi connectivity index (χ0n) is 15.1. The highest BCUT2D eigenvalue weighted by molar-refractivity contribution is 5.82. The molecule has 2 aliphatic heterocycles. The molecule has 138 valence electrons. The van der Waals surface area contributed by atoms with Crippen molar-refractivity contribution in [2.75, 3.05) is 56.3 Å². The number of nitrogens with zero attached hydrogens (tertiary/aromatic N) is 4. The Labute approximate surface area is 147 Å². The number of anilines is 2. The lowest BCUT2D eigenvalue weighted by Crippen LogP contribution is -2.40. The molecule has 2 fully saturated rings. The van der Waals surface area contributed by atoms with Crippen LogP contribution in [-0.4, -0.2) is 73.7 Å². The molecule has 8 heteroatoms. The highest BCUT2D eigenvalue weighted by atomic mass is 16.5. The number of aliphatic carboxylic acids is 1. The molecule has 8 nitrogen and oxygen atoms in total. The van der Waals surface area contributed by atoms with Gasteiger partial charge in [-0.15, -0.1) is 0 Å². The van der Waals surface area contributed by atoms with E-state index in [0.29, 0.717) is 43.6 Å². The van der Waals surface area contributed by atoms with Crippen LogP contribution in [0.2, 0.25) is 0 Å². The van der Waals surface area contributed by atoms with Crippen LogP contribution in [0.1, 0.15) is 25.8 Å². The van der Waals surface area contributed by atoms with Crippen LogP contribution in [0, 0.1) is 0 Å². The second-order valence-electron chi connectivity index (χ2n) is 7.03. The molecule has 2 saturated heterocycles. The van der Waals surface area contributed by atoms with Gasteiger partial charge in [-0.2, -0.15) is 4.98 Å². The fourth-order valence-corrected chi connectivity index (χ4v) is 3.19. The second-order valence-corrected chi connectivity index (χ2v) is 7.03. The van der Waals surface area contributed by atoms with Gasteiger partial charge in [0.25, 0.3) is 0 Å². The van der Waals surface area contributed by atoms with Crippen molar-refractivity contribution < 1.29 is 19.4 Å². The quantitative estimate of drug-likeness (QED) is 0.838. The van der Waals surface area contributed by atoms with Gasteiger partial charge in [-0.05, 0) is 20.3 Å². The van der Waals surface area contributed by atoms with Gasteiger partial charge >= 0.3 is 5.97 Å². The number of ether oxygens (including phenoxy) is 2. The van der Waals surface area contributed by atoms with Crippen molar-refractivity contribution in [2.24, 2.45) is 0 Å². The number of hydrogen-bond acceptors (Lipinski definition) is 7. The van der Waals surface area contributed by atoms with E-state index in [2.05, 4.69) is 14.8 Å². The van der Waals surface area contributed by atoms with Crippen molar-refractivity contribution in [2.45, 2.75) is 31.8 Å². The third-order valence-corrected chi connectivity index (χ3v) is 5.04. The third kappa shape index (κ3) is 3.55. The molecule has 0 amide bonds. The molecule has 0 aromatic carbocycles. The van der Waals surface area contributed by atoms with Crippen LogP contribution in [0.25, 0.3) is 0 Å². The average molecular weight is 350 g/mol. The smallest absolute Gasteiger partial charge is 0.313 e. The Morgan fingerprint density at radius 2 is 2.04 bits per heavy atom. The Morgan fingerprint density at radius 1 is 1.32 bits per heavy atom. The van der Waals surface area contributed by atoms with Crippen LogP contribution in [-0.2, 0) is 19.7 Å². The highest BCUT2D eigenvalue weighted by Crippen LogP contribution is 2.33. The summed E-state index contributed by atoms with van der Waals surface area (Å²) >= 11 is 0. The van der Waals surface area contributed by atoms with E-state index >= 15 is 0 Å². The molecule has 0 radical (unpaired) electrons. The zero-order chi connectivity index (χ0) is 18.0. The van der Waals surface area contributed by atoms with Crippen LogP contribution in [0.5, 0.6) is 0 Å². The first-order valence-electron chi connectivity index (χ1n) is 8.65. The molecule has 0 bridgehead atoms. The fraction of sp³-hybridized carbons (Fsp3) is 0.706. The molecule has 3 heterocycles. The van der Waals surface area contributed by atoms with Crippen LogP contribution < -0.4 is 9.80 Å². The minimum atomic E-state index is -1.06. The van der Waals surface area contributed by atoms with Crippen molar-refractivity contribution in [3.05, 3.63) is 11.8 Å². The summed E-state index contributed by atoms with van der Waals surface area (Å²) in [7, 11) is 1.71. The SMILES string of the molecule is CO[C@H]1CCN(c2ncc(C(C)(C)C(=O)O)c(N3CCOCC3)n2)C1. The van der Waals surface area contributed by atoms with Gasteiger partial charge in [-0.1, -0.05) is 0 Å². The number of morpholine rings is 1. The van der Waals surface area contributed by atoms with Crippen molar-refractivity contribution in [3.63, 3.8) is 0 Å². The minimum Gasteiger partial charge on any atom is -0.481 e. The first kappa shape index (κ1) is 17.9. The molecule has 1 aromatic heterocycles. The molecule has 3 rings (SSSR count). The van der Waals surface area contributed by atoms with Gasteiger partial charge in [0.2, 0.25) is 5.95 Å². The Bertz CT molecular complexity index is 631. The first-order chi connectivity index (χ1) is 11.9. The van der Waals surface area contributed by atoms with Crippen LogP contribution in [0.3, 0.4) is 0 Å². The Morgan fingerprint density at radius 3 is 2.64 bits per heavy atom. The van der Waals surface area contributed by atoms with E-state index in [1.54, 1.807) is 27.2 Å². The van der Waals surface area contributed by atoms with Crippen LogP contribution in [0.4, 0.5) is 11.8 Å². The molecule has 1 aromatic rings. The van der Waals surface area contributed by atoms with Crippen molar-refractivity contribution in [1.82, 2.24) is 9.97 Å². The van der Waals surface area contributed by atoms with E-state index in [1.807, 2.05) is 0 Å².